The molecule has 3 rings (SSSR count). The minimum absolute atomic E-state index is 0.138. The van der Waals surface area contributed by atoms with Gasteiger partial charge in [-0.2, -0.15) is 0 Å². The van der Waals surface area contributed by atoms with Crippen LogP contribution in [0.5, 0.6) is 5.75 Å². The molecule has 0 radical (unpaired) electrons. The van der Waals surface area contributed by atoms with Crippen molar-refractivity contribution in [3.05, 3.63) is 59.2 Å². The molecule has 2 aromatic rings. The van der Waals surface area contributed by atoms with Crippen LogP contribution in [0.15, 0.2) is 42.5 Å². The molecule has 5 nitrogen and oxygen atoms in total. The zero-order valence-electron chi connectivity index (χ0n) is 18.2. The number of amides is 2. The number of ether oxygens (including phenoxy) is 1. The quantitative estimate of drug-likeness (QED) is 0.665. The Labute approximate surface area is 179 Å². The number of aryl methyl sites for hydroxylation is 1. The fraction of sp³-hybridized carbons (Fsp3) is 0.440. The van der Waals surface area contributed by atoms with Gasteiger partial charge in [-0.3, -0.25) is 9.59 Å². The van der Waals surface area contributed by atoms with Gasteiger partial charge in [-0.1, -0.05) is 50.5 Å². The lowest BCUT2D eigenvalue weighted by molar-refractivity contribution is -0.122. The molecule has 5 heteroatoms. The van der Waals surface area contributed by atoms with Crippen molar-refractivity contribution in [2.24, 2.45) is 0 Å². The molecule has 2 N–H and O–H groups in total. The Hall–Kier alpha value is -2.82. The van der Waals surface area contributed by atoms with Crippen LogP contribution >= 0.6 is 0 Å². The van der Waals surface area contributed by atoms with E-state index in [9.17, 15) is 9.59 Å². The number of carbonyl (C=O) groups excluding carboxylic acids is 2. The number of anilines is 1. The van der Waals surface area contributed by atoms with Crippen molar-refractivity contribution in [2.75, 3.05) is 5.32 Å². The zero-order valence-corrected chi connectivity index (χ0v) is 18.2. The summed E-state index contributed by atoms with van der Waals surface area (Å²) in [6.45, 7) is 5.92. The van der Waals surface area contributed by atoms with Gasteiger partial charge in [-0.15, -0.1) is 0 Å². The first-order valence-electron chi connectivity index (χ1n) is 10.9. The molecule has 0 spiro atoms. The normalized spacial score (nSPS) is 15.3. The summed E-state index contributed by atoms with van der Waals surface area (Å²) >= 11 is 0. The summed E-state index contributed by atoms with van der Waals surface area (Å²) in [4.78, 5) is 25.8. The number of hydrogen-bond acceptors (Lipinski definition) is 3. The Morgan fingerprint density at radius 1 is 1.03 bits per heavy atom. The van der Waals surface area contributed by atoms with E-state index in [0.29, 0.717) is 23.4 Å². The van der Waals surface area contributed by atoms with E-state index >= 15 is 0 Å². The summed E-state index contributed by atoms with van der Waals surface area (Å²) in [7, 11) is 0. The Kier molecular flexibility index (Phi) is 7.50. The lowest BCUT2D eigenvalue weighted by Crippen LogP contribution is -2.37. The molecule has 1 atom stereocenters. The molecule has 1 aliphatic rings. The third-order valence-corrected chi connectivity index (χ3v) is 5.86. The van der Waals surface area contributed by atoms with Gasteiger partial charge in [0.2, 0.25) is 0 Å². The highest BCUT2D eigenvalue weighted by atomic mass is 16.5. The van der Waals surface area contributed by atoms with Gasteiger partial charge in [0.15, 0.2) is 6.10 Å². The van der Waals surface area contributed by atoms with Crippen LogP contribution in [-0.4, -0.2) is 24.0 Å². The predicted molar refractivity (Wildman–Crippen MR) is 120 cm³/mol. The first-order valence-corrected chi connectivity index (χ1v) is 10.9. The Morgan fingerprint density at radius 2 is 1.77 bits per heavy atom. The van der Waals surface area contributed by atoms with E-state index in [1.54, 1.807) is 12.1 Å². The number of nitrogens with one attached hydrogen (secondary N) is 2. The van der Waals surface area contributed by atoms with Crippen LogP contribution in [0.1, 0.15) is 66.9 Å². The second kappa shape index (κ2) is 10.3. The van der Waals surface area contributed by atoms with Crippen molar-refractivity contribution in [1.82, 2.24) is 5.32 Å². The maximum absolute atomic E-state index is 12.9. The second-order valence-electron chi connectivity index (χ2n) is 8.06. The Bertz CT molecular complexity index is 888. The average Bonchev–Trinajstić information content (AvgIpc) is 2.75. The van der Waals surface area contributed by atoms with Crippen molar-refractivity contribution in [1.29, 1.82) is 0 Å². The molecule has 1 saturated carbocycles. The highest BCUT2D eigenvalue weighted by molar-refractivity contribution is 6.04. The van der Waals surface area contributed by atoms with Gasteiger partial charge >= 0.3 is 0 Å². The maximum Gasteiger partial charge on any atom is 0.265 e. The van der Waals surface area contributed by atoms with Crippen molar-refractivity contribution >= 4 is 17.5 Å². The smallest absolute Gasteiger partial charge is 0.265 e. The van der Waals surface area contributed by atoms with E-state index in [2.05, 4.69) is 10.6 Å². The van der Waals surface area contributed by atoms with Crippen LogP contribution in [0.25, 0.3) is 0 Å². The highest BCUT2D eigenvalue weighted by Crippen LogP contribution is 2.24. The molecule has 0 saturated heterocycles. The molecule has 0 aromatic heterocycles. The topological polar surface area (TPSA) is 67.4 Å². The van der Waals surface area contributed by atoms with Gasteiger partial charge < -0.3 is 15.4 Å². The zero-order chi connectivity index (χ0) is 21.5. The van der Waals surface area contributed by atoms with Crippen molar-refractivity contribution in [3.8, 4) is 5.75 Å². The minimum atomic E-state index is -0.639. The summed E-state index contributed by atoms with van der Waals surface area (Å²) < 4.78 is 6.02. The van der Waals surface area contributed by atoms with Gasteiger partial charge in [-0.05, 0) is 62.4 Å². The van der Waals surface area contributed by atoms with Crippen LogP contribution < -0.4 is 15.4 Å². The third-order valence-electron chi connectivity index (χ3n) is 5.86. The number of para-hydroxylation sites is 1. The minimum Gasteiger partial charge on any atom is -0.480 e. The van der Waals surface area contributed by atoms with Crippen LogP contribution in [0.3, 0.4) is 0 Å². The van der Waals surface area contributed by atoms with Crippen molar-refractivity contribution in [3.63, 3.8) is 0 Å². The van der Waals surface area contributed by atoms with Gasteiger partial charge in [0, 0.05) is 6.04 Å². The summed E-state index contributed by atoms with van der Waals surface area (Å²) in [6, 6.07) is 13.2. The van der Waals surface area contributed by atoms with Gasteiger partial charge in [0.05, 0.1) is 11.3 Å². The lowest BCUT2D eigenvalue weighted by Gasteiger charge is -2.24. The summed E-state index contributed by atoms with van der Waals surface area (Å²) in [5.41, 5.74) is 3.14. The van der Waals surface area contributed by atoms with Crippen LogP contribution in [0, 0.1) is 13.8 Å². The molecule has 0 bridgehead atoms. The third kappa shape index (κ3) is 5.41. The molecule has 30 heavy (non-hydrogen) atoms. The first kappa shape index (κ1) is 21.9. The highest BCUT2D eigenvalue weighted by Gasteiger charge is 2.23. The van der Waals surface area contributed by atoms with E-state index < -0.39 is 6.10 Å². The van der Waals surface area contributed by atoms with E-state index in [1.165, 1.54) is 6.42 Å². The largest absolute Gasteiger partial charge is 0.480 e. The molecule has 1 aliphatic carbocycles. The van der Waals surface area contributed by atoms with E-state index in [-0.39, 0.29) is 17.9 Å². The van der Waals surface area contributed by atoms with Gasteiger partial charge in [0.25, 0.3) is 11.8 Å². The van der Waals surface area contributed by atoms with Gasteiger partial charge in [-0.25, -0.2) is 0 Å². The molecule has 160 valence electrons. The first-order chi connectivity index (χ1) is 14.5. The molecular weight excluding hydrogens is 376 g/mol. The predicted octanol–water partition coefficient (Wildman–Crippen LogP) is 5.16. The molecular formula is C25H32N2O3. The number of hydrogen-bond donors (Lipinski definition) is 2. The average molecular weight is 409 g/mol. The fourth-order valence-corrected chi connectivity index (χ4v) is 3.84. The molecule has 1 unspecified atom stereocenters. The Balaban J connectivity index is 1.70. The summed E-state index contributed by atoms with van der Waals surface area (Å²) in [5.74, 6) is 0.318. The number of rotatable bonds is 7. The van der Waals surface area contributed by atoms with Gasteiger partial charge in [0.1, 0.15) is 5.75 Å². The fourth-order valence-electron chi connectivity index (χ4n) is 3.84. The van der Waals surface area contributed by atoms with Crippen molar-refractivity contribution < 1.29 is 14.3 Å². The monoisotopic (exact) mass is 408 g/mol. The van der Waals surface area contributed by atoms with Crippen molar-refractivity contribution in [2.45, 2.75) is 71.4 Å². The number of benzene rings is 2. The van der Waals surface area contributed by atoms with Crippen LogP contribution in [0.2, 0.25) is 0 Å². The van der Waals surface area contributed by atoms with Crippen LogP contribution in [-0.2, 0) is 4.79 Å². The maximum atomic E-state index is 12.9. The summed E-state index contributed by atoms with van der Waals surface area (Å²) in [5, 5.41) is 6.03. The molecule has 2 amide bonds. The Morgan fingerprint density at radius 3 is 2.50 bits per heavy atom. The standard InChI is InChI=1S/C25H32N2O3/c1-4-22(30-23-16-10-11-17(2)18(23)3)25(29)27-21-15-9-8-14-20(21)24(28)26-19-12-6-5-7-13-19/h8-11,14-16,19,22H,4-7,12-13H2,1-3H3,(H,26,28)(H,27,29). The van der Waals surface area contributed by atoms with E-state index in [1.807, 2.05) is 51.1 Å². The molecule has 1 fully saturated rings. The molecule has 0 heterocycles. The SMILES string of the molecule is CCC(Oc1cccc(C)c1C)C(=O)Nc1ccccc1C(=O)NC1CCCCC1. The second-order valence-corrected chi connectivity index (χ2v) is 8.06. The van der Waals surface area contributed by atoms with Crippen LogP contribution in [0.4, 0.5) is 5.69 Å². The molecule has 2 aromatic carbocycles. The van der Waals surface area contributed by atoms with E-state index in [0.717, 1.165) is 36.8 Å². The van der Waals surface area contributed by atoms with E-state index in [4.69, 9.17) is 4.74 Å². The number of carbonyl (C=O) groups is 2. The lowest BCUT2D eigenvalue weighted by atomic mass is 9.95. The molecule has 0 aliphatic heterocycles. The summed E-state index contributed by atoms with van der Waals surface area (Å²) in [6.07, 6.45) is 5.45.